The van der Waals surface area contributed by atoms with E-state index in [-0.39, 0.29) is 30.0 Å². The van der Waals surface area contributed by atoms with Crippen molar-refractivity contribution in [2.24, 2.45) is 11.5 Å². The number of unbranched alkanes of at least 4 members (excludes halogenated alkanes) is 3. The van der Waals surface area contributed by atoms with Crippen LogP contribution in [0.5, 0.6) is 0 Å². The average Bonchev–Trinajstić information content (AvgIpc) is 2.73. The van der Waals surface area contributed by atoms with E-state index < -0.39 is 29.3 Å². The summed E-state index contributed by atoms with van der Waals surface area (Å²) in [5.74, 6) is -2.15. The van der Waals surface area contributed by atoms with Crippen LogP contribution in [0.1, 0.15) is 74.7 Å². The van der Waals surface area contributed by atoms with Gasteiger partial charge in [0.25, 0.3) is 5.56 Å². The van der Waals surface area contributed by atoms with E-state index in [4.69, 9.17) is 11.5 Å². The molecule has 0 spiro atoms. The highest BCUT2D eigenvalue weighted by Crippen LogP contribution is 2.28. The predicted octanol–water partition coefficient (Wildman–Crippen LogP) is 1.08. The number of imide groups is 1. The van der Waals surface area contributed by atoms with Gasteiger partial charge in [0.15, 0.2) is 0 Å². The van der Waals surface area contributed by atoms with Gasteiger partial charge in [-0.3, -0.25) is 33.9 Å². The van der Waals surface area contributed by atoms with Crippen molar-refractivity contribution in [1.29, 1.82) is 0 Å². The number of aryl methyl sites for hydroxylation is 1. The molecule has 0 aliphatic carbocycles. The van der Waals surface area contributed by atoms with Gasteiger partial charge in [0.2, 0.25) is 23.6 Å². The SMILES string of the molecule is Cc1nc2cccc(C(CCCCCCC(N)=O)C(N)=O)c2c(=O)n1C1CCC(=O)NC1=O. The molecule has 3 rings (SSSR count). The number of hydrogen-bond acceptors (Lipinski definition) is 6. The molecule has 2 heterocycles. The Morgan fingerprint density at radius 1 is 1.15 bits per heavy atom. The first-order valence-corrected chi connectivity index (χ1v) is 11.1. The number of nitrogens with two attached hydrogens (primary N) is 2. The van der Waals surface area contributed by atoms with E-state index in [0.717, 1.165) is 12.8 Å². The highest BCUT2D eigenvalue weighted by atomic mass is 16.2. The summed E-state index contributed by atoms with van der Waals surface area (Å²) >= 11 is 0. The molecule has 2 aromatic rings. The Hall–Kier alpha value is -3.56. The van der Waals surface area contributed by atoms with Crippen LogP contribution in [0.4, 0.5) is 0 Å². The van der Waals surface area contributed by atoms with Crippen molar-refractivity contribution in [3.63, 3.8) is 0 Å². The Morgan fingerprint density at radius 3 is 2.55 bits per heavy atom. The van der Waals surface area contributed by atoms with Crippen LogP contribution in [-0.4, -0.2) is 33.2 Å². The van der Waals surface area contributed by atoms with Crippen LogP contribution in [0.2, 0.25) is 0 Å². The first-order valence-electron chi connectivity index (χ1n) is 11.1. The van der Waals surface area contributed by atoms with Gasteiger partial charge in [-0.2, -0.15) is 0 Å². The Balaban J connectivity index is 1.94. The van der Waals surface area contributed by atoms with Crippen LogP contribution in [-0.2, 0) is 19.2 Å². The van der Waals surface area contributed by atoms with Gasteiger partial charge in [-0.05, 0) is 37.8 Å². The lowest BCUT2D eigenvalue weighted by Crippen LogP contribution is -2.45. The lowest BCUT2D eigenvalue weighted by molar-refractivity contribution is -0.136. The molecule has 10 heteroatoms. The number of nitrogens with one attached hydrogen (secondary N) is 1. The maximum Gasteiger partial charge on any atom is 0.262 e. The number of carbonyl (C=O) groups is 4. The molecule has 0 bridgehead atoms. The molecule has 5 N–H and O–H groups in total. The van der Waals surface area contributed by atoms with Crippen LogP contribution in [0.25, 0.3) is 10.9 Å². The third-order valence-electron chi connectivity index (χ3n) is 6.04. The summed E-state index contributed by atoms with van der Waals surface area (Å²) in [4.78, 5) is 65.2. The van der Waals surface area contributed by atoms with Crippen LogP contribution in [0, 0.1) is 6.92 Å². The van der Waals surface area contributed by atoms with Crippen molar-refractivity contribution in [2.45, 2.75) is 70.3 Å². The van der Waals surface area contributed by atoms with Gasteiger partial charge < -0.3 is 11.5 Å². The molecular formula is C23H29N5O5. The molecule has 1 aromatic heterocycles. The van der Waals surface area contributed by atoms with Crippen molar-refractivity contribution >= 4 is 34.5 Å². The second-order valence-electron chi connectivity index (χ2n) is 8.42. The third kappa shape index (κ3) is 5.44. The first-order chi connectivity index (χ1) is 15.7. The Labute approximate surface area is 190 Å². The van der Waals surface area contributed by atoms with E-state index in [1.165, 1.54) is 4.57 Å². The molecule has 1 aromatic carbocycles. The molecule has 2 unspecified atom stereocenters. The summed E-state index contributed by atoms with van der Waals surface area (Å²) in [6, 6.07) is 4.25. The summed E-state index contributed by atoms with van der Waals surface area (Å²) < 4.78 is 1.30. The van der Waals surface area contributed by atoms with Gasteiger partial charge in [0.05, 0.1) is 16.8 Å². The largest absolute Gasteiger partial charge is 0.370 e. The van der Waals surface area contributed by atoms with Gasteiger partial charge in [0.1, 0.15) is 11.9 Å². The lowest BCUT2D eigenvalue weighted by Gasteiger charge is -2.25. The summed E-state index contributed by atoms with van der Waals surface area (Å²) in [5, 5.41) is 2.52. The van der Waals surface area contributed by atoms with Crippen molar-refractivity contribution in [3.05, 3.63) is 39.9 Å². The van der Waals surface area contributed by atoms with Crippen molar-refractivity contribution in [1.82, 2.24) is 14.9 Å². The molecule has 1 fully saturated rings. The molecule has 2 atom stereocenters. The molecule has 0 saturated carbocycles. The molecule has 1 aliphatic heterocycles. The Morgan fingerprint density at radius 2 is 1.88 bits per heavy atom. The zero-order valence-corrected chi connectivity index (χ0v) is 18.6. The van der Waals surface area contributed by atoms with Crippen LogP contribution < -0.4 is 22.3 Å². The molecular weight excluding hydrogens is 426 g/mol. The zero-order valence-electron chi connectivity index (χ0n) is 18.6. The van der Waals surface area contributed by atoms with Crippen molar-refractivity contribution < 1.29 is 19.2 Å². The van der Waals surface area contributed by atoms with Gasteiger partial charge in [-0.25, -0.2) is 4.98 Å². The number of piperidine rings is 1. The van der Waals surface area contributed by atoms with Crippen LogP contribution in [0.3, 0.4) is 0 Å². The van der Waals surface area contributed by atoms with Crippen LogP contribution in [0.15, 0.2) is 23.0 Å². The minimum absolute atomic E-state index is 0.127. The fourth-order valence-corrected chi connectivity index (χ4v) is 4.42. The number of rotatable bonds is 10. The van der Waals surface area contributed by atoms with Gasteiger partial charge in [0, 0.05) is 12.8 Å². The maximum absolute atomic E-state index is 13.6. The summed E-state index contributed by atoms with van der Waals surface area (Å²) in [7, 11) is 0. The van der Waals surface area contributed by atoms with E-state index in [0.29, 0.717) is 42.6 Å². The second kappa shape index (κ2) is 10.4. The minimum Gasteiger partial charge on any atom is -0.370 e. The van der Waals surface area contributed by atoms with Gasteiger partial charge >= 0.3 is 0 Å². The first kappa shape index (κ1) is 24.1. The van der Waals surface area contributed by atoms with E-state index in [2.05, 4.69) is 10.3 Å². The van der Waals surface area contributed by atoms with Gasteiger partial charge in [-0.15, -0.1) is 0 Å². The normalized spacial score (nSPS) is 17.1. The quantitative estimate of drug-likeness (QED) is 0.358. The molecule has 0 radical (unpaired) electrons. The van der Waals surface area contributed by atoms with Gasteiger partial charge in [-0.1, -0.05) is 31.4 Å². The van der Waals surface area contributed by atoms with E-state index in [1.54, 1.807) is 25.1 Å². The van der Waals surface area contributed by atoms with E-state index >= 15 is 0 Å². The van der Waals surface area contributed by atoms with Crippen LogP contribution >= 0.6 is 0 Å². The monoisotopic (exact) mass is 455 g/mol. The van der Waals surface area contributed by atoms with Crippen molar-refractivity contribution in [3.8, 4) is 0 Å². The number of benzene rings is 1. The highest BCUT2D eigenvalue weighted by molar-refractivity contribution is 5.99. The standard InChI is InChI=1S/C23H29N5O5/c1-13-26-16-9-6-8-14(15(21(25)31)7-4-2-3-5-10-18(24)29)20(16)23(33)28(13)17-11-12-19(30)27-22(17)32/h6,8-9,15,17H,2-5,7,10-12H2,1H3,(H2,24,29)(H2,25,31)(H,27,30,32). The predicted molar refractivity (Wildman–Crippen MR) is 121 cm³/mol. The summed E-state index contributed by atoms with van der Waals surface area (Å²) in [6.07, 6.45) is 4.05. The zero-order chi connectivity index (χ0) is 24.1. The summed E-state index contributed by atoms with van der Waals surface area (Å²) in [6.45, 7) is 1.63. The average molecular weight is 456 g/mol. The maximum atomic E-state index is 13.6. The number of hydrogen-bond donors (Lipinski definition) is 3. The second-order valence-corrected chi connectivity index (χ2v) is 8.42. The topological polar surface area (TPSA) is 167 Å². The highest BCUT2D eigenvalue weighted by Gasteiger charge is 2.31. The number of aromatic nitrogens is 2. The Bertz CT molecular complexity index is 1160. The lowest BCUT2D eigenvalue weighted by atomic mass is 9.89. The number of nitrogens with zero attached hydrogens (tertiary/aromatic N) is 2. The molecule has 1 aliphatic rings. The Kier molecular flexibility index (Phi) is 7.57. The summed E-state index contributed by atoms with van der Waals surface area (Å²) in [5.41, 5.74) is 11.3. The number of carbonyl (C=O) groups excluding carboxylic acids is 4. The molecule has 4 amide bonds. The fraction of sp³-hybridized carbons (Fsp3) is 0.478. The van der Waals surface area contributed by atoms with E-state index in [9.17, 15) is 24.0 Å². The smallest absolute Gasteiger partial charge is 0.262 e. The molecule has 1 saturated heterocycles. The number of amides is 4. The molecule has 176 valence electrons. The minimum atomic E-state index is -0.850. The number of fused-ring (bicyclic) bond motifs is 1. The van der Waals surface area contributed by atoms with E-state index in [1.807, 2.05) is 0 Å². The van der Waals surface area contributed by atoms with Crippen molar-refractivity contribution in [2.75, 3.05) is 0 Å². The number of primary amides is 2. The fourth-order valence-electron chi connectivity index (χ4n) is 4.42. The molecule has 33 heavy (non-hydrogen) atoms. The third-order valence-corrected chi connectivity index (χ3v) is 6.04. The molecule has 10 nitrogen and oxygen atoms in total.